The molecule has 1 aliphatic heterocycles. The second-order valence-electron chi connectivity index (χ2n) is 5.12. The molecule has 0 aromatic rings. The third-order valence-electron chi connectivity index (χ3n) is 3.03. The van der Waals surface area contributed by atoms with Crippen molar-refractivity contribution < 1.29 is 22.8 Å². The van der Waals surface area contributed by atoms with E-state index in [4.69, 9.17) is 0 Å². The zero-order valence-corrected chi connectivity index (χ0v) is 11.1. The summed E-state index contributed by atoms with van der Waals surface area (Å²) in [5.74, 6) is -0.495. The standard InChI is InChI=1S/C12H19F3N2O2/c1-8(2)10-11(19)17(7-9(18)16-10)6-4-3-5-12(13,14)15/h8,10H,3-7H2,1-2H3,(H,16,18). The van der Waals surface area contributed by atoms with Crippen LogP contribution in [0.25, 0.3) is 0 Å². The highest BCUT2D eigenvalue weighted by molar-refractivity contribution is 5.94. The van der Waals surface area contributed by atoms with Crippen LogP contribution in [0.5, 0.6) is 0 Å². The quantitative estimate of drug-likeness (QED) is 0.779. The van der Waals surface area contributed by atoms with Crippen molar-refractivity contribution in [3.63, 3.8) is 0 Å². The van der Waals surface area contributed by atoms with Gasteiger partial charge >= 0.3 is 6.18 Å². The smallest absolute Gasteiger partial charge is 0.343 e. The lowest BCUT2D eigenvalue weighted by atomic mass is 10.0. The maximum absolute atomic E-state index is 12.0. The molecule has 1 N–H and O–H groups in total. The van der Waals surface area contributed by atoms with Crippen LogP contribution in [0.2, 0.25) is 0 Å². The Kier molecular flexibility index (Phi) is 5.20. The van der Waals surface area contributed by atoms with E-state index in [0.717, 1.165) is 0 Å². The van der Waals surface area contributed by atoms with E-state index in [0.29, 0.717) is 0 Å². The molecule has 0 aromatic carbocycles. The van der Waals surface area contributed by atoms with Crippen LogP contribution >= 0.6 is 0 Å². The number of piperazine rings is 1. The van der Waals surface area contributed by atoms with Crippen molar-refractivity contribution in [2.75, 3.05) is 13.1 Å². The van der Waals surface area contributed by atoms with E-state index in [1.807, 2.05) is 13.8 Å². The van der Waals surface area contributed by atoms with Crippen molar-refractivity contribution in [3.8, 4) is 0 Å². The van der Waals surface area contributed by atoms with Crippen molar-refractivity contribution in [3.05, 3.63) is 0 Å². The fourth-order valence-electron chi connectivity index (χ4n) is 2.00. The van der Waals surface area contributed by atoms with Crippen LogP contribution in [-0.4, -0.2) is 42.0 Å². The Labute approximate surface area is 110 Å². The Hall–Kier alpha value is -1.27. The van der Waals surface area contributed by atoms with Crippen LogP contribution in [0.4, 0.5) is 13.2 Å². The fraction of sp³-hybridized carbons (Fsp3) is 0.833. The molecular weight excluding hydrogens is 261 g/mol. The van der Waals surface area contributed by atoms with Gasteiger partial charge in [-0.15, -0.1) is 0 Å². The van der Waals surface area contributed by atoms with Crippen LogP contribution in [0, 0.1) is 5.92 Å². The predicted octanol–water partition coefficient (Wildman–Crippen LogP) is 1.70. The topological polar surface area (TPSA) is 49.4 Å². The summed E-state index contributed by atoms with van der Waals surface area (Å²) in [5.41, 5.74) is 0. The Morgan fingerprint density at radius 1 is 1.32 bits per heavy atom. The minimum absolute atomic E-state index is 0.0265. The molecule has 1 saturated heterocycles. The van der Waals surface area contributed by atoms with Gasteiger partial charge in [0.2, 0.25) is 11.8 Å². The lowest BCUT2D eigenvalue weighted by molar-refractivity contribution is -0.146. The molecule has 0 aliphatic carbocycles. The van der Waals surface area contributed by atoms with Crippen molar-refractivity contribution in [2.45, 2.75) is 45.3 Å². The Balaban J connectivity index is 2.44. The third kappa shape index (κ3) is 5.08. The fourth-order valence-corrected chi connectivity index (χ4v) is 2.00. The van der Waals surface area contributed by atoms with Crippen molar-refractivity contribution in [2.24, 2.45) is 5.92 Å². The second kappa shape index (κ2) is 6.25. The number of halogens is 3. The summed E-state index contributed by atoms with van der Waals surface area (Å²) in [5, 5.41) is 2.60. The van der Waals surface area contributed by atoms with E-state index in [1.54, 1.807) is 0 Å². The normalized spacial score (nSPS) is 20.9. The number of amides is 2. The van der Waals surface area contributed by atoms with Crippen molar-refractivity contribution >= 4 is 11.8 Å². The monoisotopic (exact) mass is 280 g/mol. The molecule has 1 fully saturated rings. The molecule has 0 radical (unpaired) electrons. The molecule has 0 saturated carbocycles. The number of rotatable bonds is 5. The van der Waals surface area contributed by atoms with Crippen LogP contribution < -0.4 is 5.32 Å². The molecule has 110 valence electrons. The largest absolute Gasteiger partial charge is 0.389 e. The predicted molar refractivity (Wildman–Crippen MR) is 63.3 cm³/mol. The lowest BCUT2D eigenvalue weighted by Crippen LogP contribution is -2.59. The van der Waals surface area contributed by atoms with Gasteiger partial charge in [-0.3, -0.25) is 9.59 Å². The summed E-state index contributed by atoms with van der Waals surface area (Å²) in [6.07, 6.45) is -4.79. The van der Waals surface area contributed by atoms with E-state index in [2.05, 4.69) is 5.32 Å². The Bertz CT molecular complexity index is 342. The maximum atomic E-state index is 12.0. The van der Waals surface area contributed by atoms with Gasteiger partial charge in [0.1, 0.15) is 6.04 Å². The summed E-state index contributed by atoms with van der Waals surface area (Å²) < 4.78 is 35.9. The van der Waals surface area contributed by atoms with Crippen LogP contribution in [0.3, 0.4) is 0 Å². The van der Waals surface area contributed by atoms with Crippen LogP contribution in [-0.2, 0) is 9.59 Å². The highest BCUT2D eigenvalue weighted by Crippen LogP contribution is 2.22. The van der Waals surface area contributed by atoms with E-state index >= 15 is 0 Å². The van der Waals surface area contributed by atoms with Gasteiger partial charge in [-0.1, -0.05) is 13.8 Å². The van der Waals surface area contributed by atoms with E-state index < -0.39 is 18.6 Å². The molecule has 7 heteroatoms. The summed E-state index contributed by atoms with van der Waals surface area (Å²) in [7, 11) is 0. The first-order chi connectivity index (χ1) is 8.70. The van der Waals surface area contributed by atoms with Gasteiger partial charge in [0, 0.05) is 13.0 Å². The second-order valence-corrected chi connectivity index (χ2v) is 5.12. The average molecular weight is 280 g/mol. The molecule has 19 heavy (non-hydrogen) atoms. The van der Waals surface area contributed by atoms with Crippen molar-refractivity contribution in [1.82, 2.24) is 10.2 Å². The Morgan fingerprint density at radius 2 is 1.95 bits per heavy atom. The highest BCUT2D eigenvalue weighted by Gasteiger charge is 2.34. The van der Waals surface area contributed by atoms with Gasteiger partial charge in [0.15, 0.2) is 0 Å². The third-order valence-corrected chi connectivity index (χ3v) is 3.03. The molecule has 0 bridgehead atoms. The van der Waals surface area contributed by atoms with Gasteiger partial charge in [-0.05, 0) is 18.8 Å². The molecule has 1 rings (SSSR count). The summed E-state index contributed by atoms with van der Waals surface area (Å²) >= 11 is 0. The maximum Gasteiger partial charge on any atom is 0.389 e. The van der Waals surface area contributed by atoms with Crippen LogP contribution in [0.15, 0.2) is 0 Å². The van der Waals surface area contributed by atoms with Gasteiger partial charge in [-0.25, -0.2) is 0 Å². The number of nitrogens with one attached hydrogen (secondary N) is 1. The van der Waals surface area contributed by atoms with Gasteiger partial charge < -0.3 is 10.2 Å². The summed E-state index contributed by atoms with van der Waals surface area (Å²) in [6.45, 7) is 3.77. The molecule has 4 nitrogen and oxygen atoms in total. The summed E-state index contributed by atoms with van der Waals surface area (Å²) in [4.78, 5) is 24.8. The molecule has 0 spiro atoms. The van der Waals surface area contributed by atoms with Crippen LogP contribution in [0.1, 0.15) is 33.1 Å². The zero-order chi connectivity index (χ0) is 14.6. The number of unbranched alkanes of at least 4 members (excludes halogenated alkanes) is 1. The number of alkyl halides is 3. The minimum Gasteiger partial charge on any atom is -0.343 e. The molecule has 0 aromatic heterocycles. The molecule has 1 aliphatic rings. The first-order valence-electron chi connectivity index (χ1n) is 6.35. The number of nitrogens with zero attached hydrogens (tertiary/aromatic N) is 1. The Morgan fingerprint density at radius 3 is 2.47 bits per heavy atom. The van der Waals surface area contributed by atoms with Gasteiger partial charge in [0.05, 0.1) is 6.54 Å². The average Bonchev–Trinajstić information content (AvgIpc) is 2.26. The first-order valence-corrected chi connectivity index (χ1v) is 6.35. The number of carbonyl (C=O) groups excluding carboxylic acids is 2. The number of hydrogen-bond donors (Lipinski definition) is 1. The lowest BCUT2D eigenvalue weighted by Gasteiger charge is -2.34. The molecule has 1 heterocycles. The molecule has 1 unspecified atom stereocenters. The van der Waals surface area contributed by atoms with E-state index in [9.17, 15) is 22.8 Å². The zero-order valence-electron chi connectivity index (χ0n) is 11.1. The number of hydrogen-bond acceptors (Lipinski definition) is 2. The SMILES string of the molecule is CC(C)C1NC(=O)CN(CCCCC(F)(F)F)C1=O. The highest BCUT2D eigenvalue weighted by atomic mass is 19.4. The van der Waals surface area contributed by atoms with Gasteiger partial charge in [-0.2, -0.15) is 13.2 Å². The number of carbonyl (C=O) groups is 2. The minimum atomic E-state index is -4.16. The first kappa shape index (κ1) is 15.8. The van der Waals surface area contributed by atoms with E-state index in [-0.39, 0.29) is 43.7 Å². The van der Waals surface area contributed by atoms with Crippen molar-refractivity contribution in [1.29, 1.82) is 0 Å². The van der Waals surface area contributed by atoms with E-state index in [1.165, 1.54) is 4.90 Å². The van der Waals surface area contributed by atoms with Gasteiger partial charge in [0.25, 0.3) is 0 Å². The molecule has 2 amide bonds. The molecule has 1 atom stereocenters. The molecular formula is C12H19F3N2O2. The summed E-state index contributed by atoms with van der Waals surface area (Å²) in [6, 6.07) is -0.566.